The second-order valence-corrected chi connectivity index (χ2v) is 8.14. The van der Waals surface area contributed by atoms with Crippen LogP contribution in [0.15, 0.2) is 59.6 Å². The number of aliphatic imine (C=N–C) groups is 1. The van der Waals surface area contributed by atoms with E-state index in [1.54, 1.807) is 0 Å². The van der Waals surface area contributed by atoms with Gasteiger partial charge in [-0.25, -0.2) is 0 Å². The first-order valence-electron chi connectivity index (χ1n) is 9.86. The van der Waals surface area contributed by atoms with Gasteiger partial charge in [0.15, 0.2) is 0 Å². The molecule has 28 heavy (non-hydrogen) atoms. The van der Waals surface area contributed by atoms with Crippen molar-refractivity contribution in [2.24, 2.45) is 4.99 Å². The average molecular weight is 375 g/mol. The van der Waals surface area contributed by atoms with E-state index in [0.717, 1.165) is 22.7 Å². The number of benzene rings is 2. The van der Waals surface area contributed by atoms with Crippen LogP contribution in [0.4, 0.5) is 5.69 Å². The topological polar surface area (TPSA) is 26.5 Å². The predicted octanol–water partition coefficient (Wildman–Crippen LogP) is 6.54. The lowest BCUT2D eigenvalue weighted by atomic mass is 9.87. The van der Waals surface area contributed by atoms with Gasteiger partial charge in [-0.1, -0.05) is 32.9 Å². The third-order valence-electron chi connectivity index (χ3n) is 4.96. The van der Waals surface area contributed by atoms with Gasteiger partial charge in [0.25, 0.3) is 0 Å². The summed E-state index contributed by atoms with van der Waals surface area (Å²) in [7, 11) is 0. The average Bonchev–Trinajstić information content (AvgIpc) is 2.94. The molecular formula is C25H30N2O. The highest BCUT2D eigenvalue weighted by molar-refractivity contribution is 5.84. The van der Waals surface area contributed by atoms with E-state index in [4.69, 9.17) is 4.74 Å². The van der Waals surface area contributed by atoms with Crippen LogP contribution in [0.5, 0.6) is 5.75 Å². The van der Waals surface area contributed by atoms with E-state index in [0.29, 0.717) is 6.61 Å². The molecule has 0 aliphatic heterocycles. The number of nitrogens with zero attached hydrogens (tertiary/aromatic N) is 2. The molecule has 0 bridgehead atoms. The molecule has 3 nitrogen and oxygen atoms in total. The minimum Gasteiger partial charge on any atom is -0.494 e. The van der Waals surface area contributed by atoms with Gasteiger partial charge in [0, 0.05) is 28.9 Å². The monoisotopic (exact) mass is 374 g/mol. The Morgan fingerprint density at radius 2 is 1.61 bits per heavy atom. The lowest BCUT2D eigenvalue weighted by molar-refractivity contribution is 0.340. The summed E-state index contributed by atoms with van der Waals surface area (Å²) < 4.78 is 7.80. The van der Waals surface area contributed by atoms with Crippen molar-refractivity contribution in [3.05, 3.63) is 77.1 Å². The molecule has 0 atom stereocenters. The number of rotatable bonds is 5. The summed E-state index contributed by atoms with van der Waals surface area (Å²) in [5.74, 6) is 0.897. The molecular weight excluding hydrogens is 344 g/mol. The summed E-state index contributed by atoms with van der Waals surface area (Å²) in [5, 5.41) is 0. The van der Waals surface area contributed by atoms with Crippen LogP contribution in [0.3, 0.4) is 0 Å². The van der Waals surface area contributed by atoms with Crippen LogP contribution in [0.25, 0.3) is 5.69 Å². The van der Waals surface area contributed by atoms with Gasteiger partial charge in [-0.05, 0) is 74.2 Å². The Kier molecular flexibility index (Phi) is 5.73. The lowest BCUT2D eigenvalue weighted by Gasteiger charge is -2.18. The Balaban J connectivity index is 1.84. The number of hydrogen-bond acceptors (Lipinski definition) is 2. The second kappa shape index (κ2) is 8.05. The molecule has 0 amide bonds. The molecule has 3 heteroatoms. The van der Waals surface area contributed by atoms with E-state index in [1.165, 1.54) is 17.0 Å². The summed E-state index contributed by atoms with van der Waals surface area (Å²) in [5.41, 5.74) is 7.08. The molecule has 0 unspecified atom stereocenters. The Hall–Kier alpha value is -2.81. The zero-order valence-electron chi connectivity index (χ0n) is 17.8. The Morgan fingerprint density at radius 3 is 2.18 bits per heavy atom. The summed E-state index contributed by atoms with van der Waals surface area (Å²) in [6.45, 7) is 13.6. The van der Waals surface area contributed by atoms with Crippen molar-refractivity contribution in [3.63, 3.8) is 0 Å². The third kappa shape index (κ3) is 4.36. The standard InChI is InChI=1S/C25H30N2O/c1-7-28-24-14-12-23(13-15-24)27-18(2)16-20(19(27)3)17-26-22-10-8-21(9-11-22)25(4,5)6/h8-17H,7H2,1-6H3. The largest absolute Gasteiger partial charge is 0.494 e. The fourth-order valence-electron chi connectivity index (χ4n) is 3.37. The Bertz CT molecular complexity index is 956. The van der Waals surface area contributed by atoms with Gasteiger partial charge in [-0.3, -0.25) is 4.99 Å². The summed E-state index contributed by atoms with van der Waals surface area (Å²) in [4.78, 5) is 4.69. The molecule has 3 aromatic rings. The first-order valence-corrected chi connectivity index (χ1v) is 9.86. The molecule has 0 fully saturated rings. The molecule has 1 aromatic heterocycles. The van der Waals surface area contributed by atoms with E-state index < -0.39 is 0 Å². The zero-order chi connectivity index (χ0) is 20.3. The van der Waals surface area contributed by atoms with Gasteiger partial charge in [0.1, 0.15) is 5.75 Å². The van der Waals surface area contributed by atoms with Crippen molar-refractivity contribution in [1.29, 1.82) is 0 Å². The molecule has 1 heterocycles. The van der Waals surface area contributed by atoms with Crippen LogP contribution >= 0.6 is 0 Å². The van der Waals surface area contributed by atoms with E-state index in [-0.39, 0.29) is 5.41 Å². The Morgan fingerprint density at radius 1 is 0.964 bits per heavy atom. The maximum Gasteiger partial charge on any atom is 0.119 e. The molecule has 0 spiro atoms. The van der Waals surface area contributed by atoms with Gasteiger partial charge in [0.05, 0.1) is 12.3 Å². The van der Waals surface area contributed by atoms with Crippen LogP contribution in [-0.4, -0.2) is 17.4 Å². The highest BCUT2D eigenvalue weighted by Crippen LogP contribution is 2.25. The van der Waals surface area contributed by atoms with Crippen molar-refractivity contribution in [3.8, 4) is 11.4 Å². The SMILES string of the molecule is CCOc1ccc(-n2c(C)cc(C=Nc3ccc(C(C)(C)C)cc3)c2C)cc1. The minimum absolute atomic E-state index is 0.158. The molecule has 2 aromatic carbocycles. The molecule has 146 valence electrons. The van der Waals surface area contributed by atoms with Crippen LogP contribution in [0.1, 0.15) is 50.2 Å². The van der Waals surface area contributed by atoms with Crippen molar-refractivity contribution in [2.45, 2.75) is 47.0 Å². The molecule has 3 rings (SSSR count). The van der Waals surface area contributed by atoms with Crippen molar-refractivity contribution < 1.29 is 4.74 Å². The highest BCUT2D eigenvalue weighted by Gasteiger charge is 2.13. The number of hydrogen-bond donors (Lipinski definition) is 0. The molecule has 0 aliphatic rings. The van der Waals surface area contributed by atoms with Gasteiger partial charge < -0.3 is 9.30 Å². The summed E-state index contributed by atoms with van der Waals surface area (Å²) in [6, 6.07) is 18.9. The van der Waals surface area contributed by atoms with Crippen LogP contribution in [0, 0.1) is 13.8 Å². The first-order chi connectivity index (χ1) is 13.3. The number of aryl methyl sites for hydroxylation is 1. The third-order valence-corrected chi connectivity index (χ3v) is 4.96. The fraction of sp³-hybridized carbons (Fsp3) is 0.320. The van der Waals surface area contributed by atoms with E-state index in [1.807, 2.05) is 25.3 Å². The normalized spacial score (nSPS) is 11.9. The zero-order valence-corrected chi connectivity index (χ0v) is 17.8. The van der Waals surface area contributed by atoms with Crippen molar-refractivity contribution in [1.82, 2.24) is 4.57 Å². The molecule has 0 saturated carbocycles. The van der Waals surface area contributed by atoms with Crippen LogP contribution in [0.2, 0.25) is 0 Å². The predicted molar refractivity (Wildman–Crippen MR) is 119 cm³/mol. The van der Waals surface area contributed by atoms with Gasteiger partial charge >= 0.3 is 0 Å². The van der Waals surface area contributed by atoms with Crippen molar-refractivity contribution in [2.75, 3.05) is 6.61 Å². The van der Waals surface area contributed by atoms with Crippen LogP contribution < -0.4 is 4.74 Å². The summed E-state index contributed by atoms with van der Waals surface area (Å²) >= 11 is 0. The number of ether oxygens (including phenoxy) is 1. The smallest absolute Gasteiger partial charge is 0.119 e. The van der Waals surface area contributed by atoms with E-state index in [9.17, 15) is 0 Å². The van der Waals surface area contributed by atoms with E-state index >= 15 is 0 Å². The molecule has 0 saturated heterocycles. The van der Waals surface area contributed by atoms with Gasteiger partial charge in [-0.2, -0.15) is 0 Å². The minimum atomic E-state index is 0.158. The fourth-order valence-corrected chi connectivity index (χ4v) is 3.37. The Labute approximate surface area is 168 Å². The summed E-state index contributed by atoms with van der Waals surface area (Å²) in [6.07, 6.45) is 1.96. The highest BCUT2D eigenvalue weighted by atomic mass is 16.5. The molecule has 0 radical (unpaired) electrons. The maximum absolute atomic E-state index is 5.55. The lowest BCUT2D eigenvalue weighted by Crippen LogP contribution is -2.10. The van der Waals surface area contributed by atoms with Crippen LogP contribution in [-0.2, 0) is 5.41 Å². The second-order valence-electron chi connectivity index (χ2n) is 8.14. The molecule has 0 N–H and O–H groups in total. The molecule has 0 aliphatic carbocycles. The number of aromatic nitrogens is 1. The first kappa shape index (κ1) is 19.9. The quantitative estimate of drug-likeness (QED) is 0.466. The van der Waals surface area contributed by atoms with Gasteiger partial charge in [0.2, 0.25) is 0 Å². The van der Waals surface area contributed by atoms with Crippen molar-refractivity contribution >= 4 is 11.9 Å². The maximum atomic E-state index is 5.55. The van der Waals surface area contributed by atoms with E-state index in [2.05, 4.69) is 86.6 Å². The van der Waals surface area contributed by atoms with Gasteiger partial charge in [-0.15, -0.1) is 0 Å².